The molecule has 0 atom stereocenters. The molecule has 2 heteroatoms. The van der Waals surface area contributed by atoms with Gasteiger partial charge in [-0.1, -0.05) is 32.4 Å². The normalized spacial score (nSPS) is 14.4. The van der Waals surface area contributed by atoms with Crippen LogP contribution in [0.5, 0.6) is 0 Å². The van der Waals surface area contributed by atoms with Gasteiger partial charge in [-0.05, 0) is 42.9 Å². The minimum atomic E-state index is -0.0561. The van der Waals surface area contributed by atoms with Gasteiger partial charge in [0.1, 0.15) is 5.82 Å². The molecule has 1 saturated carbocycles. The second-order valence-corrected chi connectivity index (χ2v) is 3.64. The molecule has 0 aliphatic heterocycles. The highest BCUT2D eigenvalue weighted by molar-refractivity contribution is 14.0. The van der Waals surface area contributed by atoms with E-state index in [1.807, 2.05) is 19.9 Å². The van der Waals surface area contributed by atoms with Crippen LogP contribution in [0.3, 0.4) is 0 Å². The van der Waals surface area contributed by atoms with Crippen LogP contribution in [0.15, 0.2) is 18.2 Å². The molecule has 15 heavy (non-hydrogen) atoms. The van der Waals surface area contributed by atoms with Crippen molar-refractivity contribution in [3.8, 4) is 0 Å². The SMILES string of the molecule is CC.Cc1ccc(C2CCC2)cc1F.I. The van der Waals surface area contributed by atoms with Gasteiger partial charge in [-0.25, -0.2) is 4.39 Å². The maximum atomic E-state index is 13.1. The van der Waals surface area contributed by atoms with Crippen LogP contribution in [-0.4, -0.2) is 0 Å². The first-order valence-corrected chi connectivity index (χ1v) is 5.53. The molecule has 0 amide bonds. The summed E-state index contributed by atoms with van der Waals surface area (Å²) < 4.78 is 13.1. The number of halogens is 2. The molecule has 86 valence electrons. The van der Waals surface area contributed by atoms with Crippen molar-refractivity contribution >= 4 is 24.0 Å². The third-order valence-corrected chi connectivity index (χ3v) is 2.77. The van der Waals surface area contributed by atoms with Gasteiger partial charge in [0.2, 0.25) is 0 Å². The molecule has 0 nitrogen and oxygen atoms in total. The van der Waals surface area contributed by atoms with E-state index >= 15 is 0 Å². The average Bonchev–Trinajstić information content (AvgIpc) is 2.12. The lowest BCUT2D eigenvalue weighted by molar-refractivity contribution is 0.418. The van der Waals surface area contributed by atoms with Crippen molar-refractivity contribution in [3.05, 3.63) is 35.1 Å². The third-order valence-electron chi connectivity index (χ3n) is 2.77. The summed E-state index contributed by atoms with van der Waals surface area (Å²) in [5, 5.41) is 0. The average molecular weight is 322 g/mol. The van der Waals surface area contributed by atoms with Crippen LogP contribution in [0, 0.1) is 12.7 Å². The fraction of sp³-hybridized carbons (Fsp3) is 0.538. The molecule has 0 N–H and O–H groups in total. The highest BCUT2D eigenvalue weighted by Gasteiger charge is 2.19. The standard InChI is InChI=1S/C11H13F.C2H6.HI/c1-8-5-6-10(7-11(8)12)9-3-2-4-9;1-2;/h5-7,9H,2-4H2,1H3;1-2H3;1H. The van der Waals surface area contributed by atoms with Crippen molar-refractivity contribution in [2.45, 2.75) is 46.0 Å². The summed E-state index contributed by atoms with van der Waals surface area (Å²) in [6.07, 6.45) is 3.78. The zero-order chi connectivity index (χ0) is 10.6. The van der Waals surface area contributed by atoms with Crippen molar-refractivity contribution in [3.63, 3.8) is 0 Å². The van der Waals surface area contributed by atoms with Crippen LogP contribution < -0.4 is 0 Å². The molecule has 1 aromatic rings. The number of hydrogen-bond donors (Lipinski definition) is 0. The molecule has 0 unspecified atom stereocenters. The van der Waals surface area contributed by atoms with Gasteiger partial charge >= 0.3 is 0 Å². The Hall–Kier alpha value is -0.120. The first kappa shape index (κ1) is 14.9. The van der Waals surface area contributed by atoms with Crippen molar-refractivity contribution in [2.75, 3.05) is 0 Å². The molecule has 0 heterocycles. The quantitative estimate of drug-likeness (QED) is 0.635. The maximum absolute atomic E-state index is 13.1. The zero-order valence-corrected chi connectivity index (χ0v) is 12.0. The van der Waals surface area contributed by atoms with E-state index in [0.717, 1.165) is 5.56 Å². The van der Waals surface area contributed by atoms with E-state index in [-0.39, 0.29) is 29.8 Å². The Bertz CT molecular complexity index is 293. The maximum Gasteiger partial charge on any atom is 0.126 e. The van der Waals surface area contributed by atoms with Crippen LogP contribution in [0.4, 0.5) is 4.39 Å². The smallest absolute Gasteiger partial charge is 0.126 e. The van der Waals surface area contributed by atoms with Crippen molar-refractivity contribution in [1.29, 1.82) is 0 Å². The first-order chi connectivity index (χ1) is 6.77. The molecule has 0 saturated heterocycles. The molecule has 1 aromatic carbocycles. The van der Waals surface area contributed by atoms with E-state index in [4.69, 9.17) is 0 Å². The van der Waals surface area contributed by atoms with Crippen LogP contribution in [0.25, 0.3) is 0 Å². The van der Waals surface area contributed by atoms with E-state index in [0.29, 0.717) is 5.92 Å². The Labute approximate surface area is 109 Å². The monoisotopic (exact) mass is 322 g/mol. The molecule has 0 radical (unpaired) electrons. The third kappa shape index (κ3) is 3.74. The van der Waals surface area contributed by atoms with Crippen LogP contribution in [0.2, 0.25) is 0 Å². The lowest BCUT2D eigenvalue weighted by atomic mass is 9.80. The second kappa shape index (κ2) is 7.20. The van der Waals surface area contributed by atoms with Crippen molar-refractivity contribution in [2.24, 2.45) is 0 Å². The summed E-state index contributed by atoms with van der Waals surface area (Å²) in [7, 11) is 0. The Morgan fingerprint density at radius 3 is 2.20 bits per heavy atom. The Balaban J connectivity index is 0.000000617. The molecule has 0 aromatic heterocycles. The summed E-state index contributed by atoms with van der Waals surface area (Å²) >= 11 is 0. The number of aryl methyl sites for hydroxylation is 1. The molecule has 1 aliphatic rings. The minimum absolute atomic E-state index is 0. The van der Waals surface area contributed by atoms with Gasteiger partial charge in [-0.15, -0.1) is 24.0 Å². The fourth-order valence-corrected chi connectivity index (χ4v) is 1.60. The summed E-state index contributed by atoms with van der Waals surface area (Å²) in [4.78, 5) is 0. The van der Waals surface area contributed by atoms with Gasteiger partial charge in [0.15, 0.2) is 0 Å². The summed E-state index contributed by atoms with van der Waals surface area (Å²) in [6.45, 7) is 5.81. The zero-order valence-electron chi connectivity index (χ0n) is 9.72. The Morgan fingerprint density at radius 2 is 1.80 bits per heavy atom. The Kier molecular flexibility index (Phi) is 7.14. The highest BCUT2D eigenvalue weighted by atomic mass is 127. The van der Waals surface area contributed by atoms with Gasteiger partial charge in [-0.2, -0.15) is 0 Å². The molecule has 2 rings (SSSR count). The van der Waals surface area contributed by atoms with Crippen LogP contribution in [0.1, 0.15) is 50.2 Å². The molecule has 1 aliphatic carbocycles. The number of benzene rings is 1. The summed E-state index contributed by atoms with van der Waals surface area (Å²) in [6, 6.07) is 5.63. The van der Waals surface area contributed by atoms with Gasteiger partial charge in [-0.3, -0.25) is 0 Å². The minimum Gasteiger partial charge on any atom is -0.207 e. The van der Waals surface area contributed by atoms with Gasteiger partial charge < -0.3 is 0 Å². The highest BCUT2D eigenvalue weighted by Crippen LogP contribution is 2.36. The number of hydrogen-bond acceptors (Lipinski definition) is 0. The Morgan fingerprint density at radius 1 is 1.20 bits per heavy atom. The topological polar surface area (TPSA) is 0 Å². The predicted molar refractivity (Wildman–Crippen MR) is 74.5 cm³/mol. The lowest BCUT2D eigenvalue weighted by Gasteiger charge is -2.25. The summed E-state index contributed by atoms with van der Waals surface area (Å²) in [5.74, 6) is 0.583. The predicted octanol–water partition coefficient (Wildman–Crippen LogP) is 5.05. The fourth-order valence-electron chi connectivity index (χ4n) is 1.60. The van der Waals surface area contributed by atoms with Crippen LogP contribution in [-0.2, 0) is 0 Å². The van der Waals surface area contributed by atoms with Crippen molar-refractivity contribution < 1.29 is 4.39 Å². The molecular formula is C13H20FI. The molecule has 0 bridgehead atoms. The van der Waals surface area contributed by atoms with E-state index < -0.39 is 0 Å². The first-order valence-electron chi connectivity index (χ1n) is 5.53. The number of rotatable bonds is 1. The van der Waals surface area contributed by atoms with Crippen molar-refractivity contribution in [1.82, 2.24) is 0 Å². The van der Waals surface area contributed by atoms with Gasteiger partial charge in [0, 0.05) is 0 Å². The lowest BCUT2D eigenvalue weighted by Crippen LogP contribution is -2.08. The van der Waals surface area contributed by atoms with Gasteiger partial charge in [0.25, 0.3) is 0 Å². The largest absolute Gasteiger partial charge is 0.207 e. The molecule has 0 spiro atoms. The second-order valence-electron chi connectivity index (χ2n) is 3.64. The van der Waals surface area contributed by atoms with E-state index in [2.05, 4.69) is 6.07 Å². The van der Waals surface area contributed by atoms with Crippen LogP contribution >= 0.6 is 24.0 Å². The van der Waals surface area contributed by atoms with E-state index in [1.165, 1.54) is 24.8 Å². The molecule has 1 fully saturated rings. The summed E-state index contributed by atoms with van der Waals surface area (Å²) in [5.41, 5.74) is 1.93. The van der Waals surface area contributed by atoms with E-state index in [9.17, 15) is 4.39 Å². The molecular weight excluding hydrogens is 302 g/mol. The van der Waals surface area contributed by atoms with Gasteiger partial charge in [0.05, 0.1) is 0 Å². The van der Waals surface area contributed by atoms with E-state index in [1.54, 1.807) is 13.0 Å².